The quantitative estimate of drug-likeness (QED) is 0.688. The van der Waals surface area contributed by atoms with E-state index in [0.29, 0.717) is 58.7 Å². The minimum absolute atomic E-state index is 0.0572. The lowest BCUT2D eigenvalue weighted by Crippen LogP contribution is -2.40. The van der Waals surface area contributed by atoms with Gasteiger partial charge in [-0.15, -0.1) is 0 Å². The molecule has 1 aliphatic rings. The number of benzene rings is 2. The lowest BCUT2D eigenvalue weighted by molar-refractivity contribution is -0.118. The molecular formula is C22H23Cl2N3O3. The molecule has 3 amide bonds. The van der Waals surface area contributed by atoms with Gasteiger partial charge in [0.2, 0.25) is 5.91 Å². The molecule has 0 radical (unpaired) electrons. The zero-order valence-electron chi connectivity index (χ0n) is 16.4. The van der Waals surface area contributed by atoms with E-state index in [1.54, 1.807) is 30.3 Å². The van der Waals surface area contributed by atoms with Gasteiger partial charge in [-0.2, -0.15) is 0 Å². The van der Waals surface area contributed by atoms with Gasteiger partial charge in [-0.1, -0.05) is 23.2 Å². The molecule has 6 nitrogen and oxygen atoms in total. The van der Waals surface area contributed by atoms with E-state index in [4.69, 9.17) is 28.9 Å². The van der Waals surface area contributed by atoms with Crippen LogP contribution in [0.3, 0.4) is 0 Å². The molecule has 0 saturated carbocycles. The summed E-state index contributed by atoms with van der Waals surface area (Å²) >= 11 is 11.9. The molecule has 0 spiro atoms. The van der Waals surface area contributed by atoms with Gasteiger partial charge < -0.3 is 16.0 Å². The Hall–Kier alpha value is -2.57. The summed E-state index contributed by atoms with van der Waals surface area (Å²) in [5, 5.41) is 3.53. The van der Waals surface area contributed by atoms with Crippen LogP contribution in [0.15, 0.2) is 42.5 Å². The van der Waals surface area contributed by atoms with E-state index in [-0.39, 0.29) is 17.7 Å². The first kappa shape index (κ1) is 22.1. The normalized spacial score (nSPS) is 16.2. The third-order valence-electron chi connectivity index (χ3n) is 5.12. The van der Waals surface area contributed by atoms with Gasteiger partial charge in [0, 0.05) is 46.4 Å². The Labute approximate surface area is 185 Å². The van der Waals surface area contributed by atoms with Crippen molar-refractivity contribution in [3.8, 4) is 0 Å². The molecule has 1 heterocycles. The fourth-order valence-corrected chi connectivity index (χ4v) is 4.12. The largest absolute Gasteiger partial charge is 0.370 e. The van der Waals surface area contributed by atoms with Crippen LogP contribution in [0.4, 0.5) is 5.69 Å². The third-order valence-corrected chi connectivity index (χ3v) is 5.56. The van der Waals surface area contributed by atoms with Gasteiger partial charge in [0.1, 0.15) is 0 Å². The maximum absolute atomic E-state index is 12.8. The Kier molecular flexibility index (Phi) is 7.34. The minimum Gasteiger partial charge on any atom is -0.370 e. The predicted octanol–water partition coefficient (Wildman–Crippen LogP) is 4.36. The first-order valence-electron chi connectivity index (χ1n) is 9.77. The SMILES string of the molecule is NC(=O)CCC1CCCN(C(=O)c2ccc(NC(=O)c3cc(Cl)cc(Cl)c3)cc2)C1. The summed E-state index contributed by atoms with van der Waals surface area (Å²) in [4.78, 5) is 38.1. The Bertz CT molecular complexity index is 927. The molecule has 1 saturated heterocycles. The predicted molar refractivity (Wildman–Crippen MR) is 118 cm³/mol. The minimum atomic E-state index is -0.341. The lowest BCUT2D eigenvalue weighted by Gasteiger charge is -2.32. The van der Waals surface area contributed by atoms with Crippen molar-refractivity contribution in [3.63, 3.8) is 0 Å². The summed E-state index contributed by atoms with van der Waals surface area (Å²) in [6.45, 7) is 1.32. The highest BCUT2D eigenvalue weighted by Gasteiger charge is 2.24. The maximum atomic E-state index is 12.8. The first-order chi connectivity index (χ1) is 14.3. The van der Waals surface area contributed by atoms with E-state index < -0.39 is 0 Å². The molecule has 0 bridgehead atoms. The number of anilines is 1. The van der Waals surface area contributed by atoms with Crippen molar-refractivity contribution in [2.24, 2.45) is 11.7 Å². The standard InChI is InChI=1S/C22H23Cl2N3O3/c23-17-10-16(11-18(24)12-17)21(29)26-19-6-4-15(5-7-19)22(30)27-9-1-2-14(13-27)3-8-20(25)28/h4-7,10-12,14H,1-3,8-9,13H2,(H2,25,28)(H,26,29). The zero-order valence-corrected chi connectivity index (χ0v) is 17.9. The number of carbonyl (C=O) groups excluding carboxylic acids is 3. The Balaban J connectivity index is 1.61. The van der Waals surface area contributed by atoms with E-state index in [1.807, 2.05) is 4.90 Å². The van der Waals surface area contributed by atoms with Crippen molar-refractivity contribution in [1.29, 1.82) is 0 Å². The van der Waals surface area contributed by atoms with Crippen molar-refractivity contribution in [2.75, 3.05) is 18.4 Å². The third kappa shape index (κ3) is 5.97. The number of nitrogens with two attached hydrogens (primary N) is 1. The number of primary amides is 1. The monoisotopic (exact) mass is 447 g/mol. The Morgan fingerprint density at radius 1 is 1.03 bits per heavy atom. The van der Waals surface area contributed by atoms with Crippen LogP contribution in [0.25, 0.3) is 0 Å². The van der Waals surface area contributed by atoms with Crippen LogP contribution < -0.4 is 11.1 Å². The van der Waals surface area contributed by atoms with Crippen LogP contribution in [-0.4, -0.2) is 35.7 Å². The Morgan fingerprint density at radius 2 is 1.70 bits per heavy atom. The summed E-state index contributed by atoms with van der Waals surface area (Å²) in [5.74, 6) is -0.417. The van der Waals surface area contributed by atoms with Crippen LogP contribution in [0.5, 0.6) is 0 Å². The second kappa shape index (κ2) is 9.96. The molecule has 2 aromatic carbocycles. The van der Waals surface area contributed by atoms with E-state index in [2.05, 4.69) is 5.32 Å². The highest BCUT2D eigenvalue weighted by molar-refractivity contribution is 6.35. The molecule has 1 fully saturated rings. The van der Waals surface area contributed by atoms with Crippen molar-refractivity contribution in [3.05, 3.63) is 63.6 Å². The van der Waals surface area contributed by atoms with Crippen molar-refractivity contribution in [1.82, 2.24) is 4.90 Å². The number of amides is 3. The molecule has 1 atom stereocenters. The summed E-state index contributed by atoms with van der Waals surface area (Å²) in [6.07, 6.45) is 2.96. The van der Waals surface area contributed by atoms with Crippen LogP contribution in [0.2, 0.25) is 10.0 Å². The van der Waals surface area contributed by atoms with Gasteiger partial charge in [0.15, 0.2) is 0 Å². The number of halogens is 2. The summed E-state index contributed by atoms with van der Waals surface area (Å²) < 4.78 is 0. The van der Waals surface area contributed by atoms with E-state index in [1.165, 1.54) is 12.1 Å². The zero-order chi connectivity index (χ0) is 21.7. The molecular weight excluding hydrogens is 425 g/mol. The number of nitrogens with one attached hydrogen (secondary N) is 1. The second-order valence-corrected chi connectivity index (χ2v) is 8.33. The number of carbonyl (C=O) groups is 3. The molecule has 3 N–H and O–H groups in total. The smallest absolute Gasteiger partial charge is 0.255 e. The molecule has 8 heteroatoms. The highest BCUT2D eigenvalue weighted by Crippen LogP contribution is 2.23. The van der Waals surface area contributed by atoms with Gasteiger partial charge in [0.25, 0.3) is 11.8 Å². The van der Waals surface area contributed by atoms with Crippen LogP contribution in [-0.2, 0) is 4.79 Å². The van der Waals surface area contributed by atoms with Gasteiger partial charge in [-0.3, -0.25) is 14.4 Å². The highest BCUT2D eigenvalue weighted by atomic mass is 35.5. The van der Waals surface area contributed by atoms with Crippen LogP contribution in [0.1, 0.15) is 46.4 Å². The van der Waals surface area contributed by atoms with Crippen molar-refractivity contribution in [2.45, 2.75) is 25.7 Å². The number of likely N-dealkylation sites (tertiary alicyclic amines) is 1. The van der Waals surface area contributed by atoms with Gasteiger partial charge >= 0.3 is 0 Å². The number of hydrogen-bond acceptors (Lipinski definition) is 3. The van der Waals surface area contributed by atoms with Gasteiger partial charge in [-0.05, 0) is 67.6 Å². The average Bonchev–Trinajstić information content (AvgIpc) is 2.72. The van der Waals surface area contributed by atoms with E-state index in [0.717, 1.165) is 12.8 Å². The van der Waals surface area contributed by atoms with Crippen molar-refractivity contribution < 1.29 is 14.4 Å². The molecule has 1 aliphatic heterocycles. The molecule has 30 heavy (non-hydrogen) atoms. The second-order valence-electron chi connectivity index (χ2n) is 7.45. The molecule has 3 rings (SSSR count). The number of hydrogen-bond donors (Lipinski definition) is 2. The molecule has 2 aromatic rings. The summed E-state index contributed by atoms with van der Waals surface area (Å²) in [7, 11) is 0. The summed E-state index contributed by atoms with van der Waals surface area (Å²) in [6, 6.07) is 11.4. The first-order valence-corrected chi connectivity index (χ1v) is 10.5. The lowest BCUT2D eigenvalue weighted by atomic mass is 9.93. The topological polar surface area (TPSA) is 92.5 Å². The molecule has 0 aliphatic carbocycles. The number of nitrogens with zero attached hydrogens (tertiary/aromatic N) is 1. The van der Waals surface area contributed by atoms with Crippen LogP contribution >= 0.6 is 23.2 Å². The number of rotatable bonds is 6. The van der Waals surface area contributed by atoms with E-state index >= 15 is 0 Å². The molecule has 0 aromatic heterocycles. The fraction of sp³-hybridized carbons (Fsp3) is 0.318. The van der Waals surface area contributed by atoms with Crippen LogP contribution in [0, 0.1) is 5.92 Å². The van der Waals surface area contributed by atoms with Gasteiger partial charge in [0.05, 0.1) is 0 Å². The fourth-order valence-electron chi connectivity index (χ4n) is 3.60. The summed E-state index contributed by atoms with van der Waals surface area (Å²) in [5.41, 5.74) is 6.69. The van der Waals surface area contributed by atoms with Crippen molar-refractivity contribution >= 4 is 46.6 Å². The van der Waals surface area contributed by atoms with E-state index in [9.17, 15) is 14.4 Å². The average molecular weight is 448 g/mol. The number of piperidine rings is 1. The Morgan fingerprint density at radius 3 is 2.33 bits per heavy atom. The van der Waals surface area contributed by atoms with Gasteiger partial charge in [-0.25, -0.2) is 0 Å². The molecule has 1 unspecified atom stereocenters. The molecule has 158 valence electrons. The maximum Gasteiger partial charge on any atom is 0.255 e.